The number of rotatable bonds is 29. The van der Waals surface area contributed by atoms with E-state index in [1.165, 1.54) is 206 Å². The highest BCUT2D eigenvalue weighted by Gasteiger charge is 2.59. The van der Waals surface area contributed by atoms with E-state index in [0.717, 1.165) is 0 Å². The minimum atomic E-state index is -2.65. The molecular formula is C91H74Cl3NO26. The van der Waals surface area contributed by atoms with Gasteiger partial charge < -0.3 is 75.8 Å². The molecule has 620 valence electrons. The summed E-state index contributed by atoms with van der Waals surface area (Å²) >= 11 is 18.8. The molecule has 0 saturated carbocycles. The van der Waals surface area contributed by atoms with E-state index < -0.39 is 188 Å². The van der Waals surface area contributed by atoms with Gasteiger partial charge in [-0.05, 0) is 121 Å². The summed E-state index contributed by atoms with van der Waals surface area (Å²) in [5, 5.41) is 8.86. The van der Waals surface area contributed by atoms with Gasteiger partial charge in [-0.25, -0.2) is 47.9 Å². The van der Waals surface area contributed by atoms with Crippen LogP contribution in [0.3, 0.4) is 0 Å². The van der Waals surface area contributed by atoms with Gasteiger partial charge >= 0.3 is 59.7 Å². The summed E-state index contributed by atoms with van der Waals surface area (Å²) < 4.78 is 100. The van der Waals surface area contributed by atoms with Gasteiger partial charge in [-0.2, -0.15) is 0 Å². The maximum atomic E-state index is 15.1. The number of carbonyl (C=O) groups is 10. The third-order valence-corrected chi connectivity index (χ3v) is 19.6. The van der Waals surface area contributed by atoms with E-state index in [9.17, 15) is 38.4 Å². The smallest absolute Gasteiger partial charge is 0.338 e. The molecule has 0 aliphatic carbocycles. The fourth-order valence-corrected chi connectivity index (χ4v) is 13.2. The van der Waals surface area contributed by atoms with E-state index in [-0.39, 0.29) is 55.6 Å². The molecule has 27 nitrogen and oxygen atoms in total. The monoisotopic (exact) mass is 1700 g/mol. The number of carbonyl (C=O) groups excluding carboxylic acids is 10. The molecule has 0 aromatic heterocycles. The minimum Gasteiger partial charge on any atom is -0.459 e. The maximum Gasteiger partial charge on any atom is 0.338 e. The van der Waals surface area contributed by atoms with Crippen molar-refractivity contribution in [3.05, 3.63) is 359 Å². The van der Waals surface area contributed by atoms with Crippen LogP contribution >= 0.6 is 34.8 Å². The lowest BCUT2D eigenvalue weighted by Gasteiger charge is -2.47. The molecule has 0 amide bonds. The summed E-state index contributed by atoms with van der Waals surface area (Å²) in [4.78, 5) is 147. The second-order valence-corrected chi connectivity index (χ2v) is 29.4. The van der Waals surface area contributed by atoms with E-state index >= 15 is 9.59 Å². The van der Waals surface area contributed by atoms with Crippen molar-refractivity contribution in [2.45, 2.75) is 102 Å². The fraction of sp³-hybridized carbons (Fsp3) is 0.220. The standard InChI is InChI=1S/C91H74Cl3NO26/c92-91(93,94)90(95)121-89-76(120-86(105)64-49-29-10-30-50-64)71(115-81(100)59-39-19-5-20-40-59)68(112-78(97)56-33-13-2-14-34-56)65(109-89)51-52-106-87-74(118-84(103)62-45-25-8-26-46-62)72(116-82(101)60-41-21-6-22-42-60)70(114-80(99)58-37-17-4-18-38-58)67(110-87)54-108-88-75(119-85(104)63-47-27-9-28-48-63)73(117-83(102)61-43-23-7-24-44-61)69(113-79(98)57-35-15-3-16-36-57)66(111-88)53-107-77(96)55-31-11-1-12-32-55/h1-50,65-76,87-89,95H,51-54H2/t65-,66-,67-,68-,69-,70-,71+,72+,73+,74-,75-,76-,87-,88-,89?/m1/s1. The van der Waals surface area contributed by atoms with E-state index in [1.807, 2.05) is 0 Å². The molecule has 10 aromatic rings. The molecule has 13 rings (SSSR count). The van der Waals surface area contributed by atoms with Crippen LogP contribution in [0.25, 0.3) is 0 Å². The van der Waals surface area contributed by atoms with E-state index in [2.05, 4.69) is 0 Å². The molecule has 0 spiro atoms. The average molecular weight is 1700 g/mol. The van der Waals surface area contributed by atoms with Gasteiger partial charge in [-0.15, -0.1) is 0 Å². The second-order valence-electron chi connectivity index (χ2n) is 27.2. The predicted octanol–water partition coefficient (Wildman–Crippen LogP) is 13.8. The number of ether oxygens (including phenoxy) is 16. The van der Waals surface area contributed by atoms with Gasteiger partial charge in [0.2, 0.25) is 18.3 Å². The zero-order chi connectivity index (χ0) is 84.8. The summed E-state index contributed by atoms with van der Waals surface area (Å²) in [7, 11) is 0. The van der Waals surface area contributed by atoms with Gasteiger partial charge in [0.25, 0.3) is 3.79 Å². The van der Waals surface area contributed by atoms with Crippen molar-refractivity contribution in [2.24, 2.45) is 0 Å². The first-order valence-corrected chi connectivity index (χ1v) is 38.9. The van der Waals surface area contributed by atoms with Crippen molar-refractivity contribution in [1.29, 1.82) is 5.41 Å². The molecule has 1 N–H and O–H groups in total. The summed E-state index contributed by atoms with van der Waals surface area (Å²) in [5.41, 5.74) is -0.426. The number of esters is 10. The molecule has 3 heterocycles. The Hall–Kier alpha value is -13.0. The Morgan fingerprint density at radius 1 is 0.248 bits per heavy atom. The lowest BCUT2D eigenvalue weighted by atomic mass is 9.95. The SMILES string of the molecule is N=C(OC1O[C@H](CCO[C@@H]2O[C@H](CO[C@@H]3O[C@H](COC(=O)c4ccccc4)[C@@H](OC(=O)c4ccccc4)[C@H](OC(=O)c4ccccc4)[C@H]3OC(=O)c3ccccc3)[C@@H](OC(=O)c3ccccc3)[C@H](OC(=O)c3ccccc3)[C@H]2OC(=O)c2ccccc2)[C@@H](OC(=O)c2ccccc2)[C@H](OC(=O)c2ccccc2)[C@H]1OC(=O)c1ccccc1)C(Cl)(Cl)Cl. The molecule has 10 aromatic carbocycles. The summed E-state index contributed by atoms with van der Waals surface area (Å²) in [6.07, 6.45) is -30.3. The number of nitrogens with one attached hydrogen (secondary N) is 1. The van der Waals surface area contributed by atoms with Crippen LogP contribution in [0.15, 0.2) is 303 Å². The van der Waals surface area contributed by atoms with Gasteiger partial charge in [-0.3, -0.25) is 5.41 Å². The molecule has 3 saturated heterocycles. The zero-order valence-corrected chi connectivity index (χ0v) is 65.9. The van der Waals surface area contributed by atoms with Crippen LogP contribution < -0.4 is 0 Å². The molecule has 30 heteroatoms. The van der Waals surface area contributed by atoms with Crippen molar-refractivity contribution in [3.8, 4) is 0 Å². The number of hydrogen-bond donors (Lipinski definition) is 1. The van der Waals surface area contributed by atoms with Crippen LogP contribution in [0.5, 0.6) is 0 Å². The van der Waals surface area contributed by atoms with Gasteiger partial charge in [0.05, 0.1) is 68.8 Å². The van der Waals surface area contributed by atoms with Crippen LogP contribution in [0.2, 0.25) is 0 Å². The Morgan fingerprint density at radius 2 is 0.455 bits per heavy atom. The molecule has 121 heavy (non-hydrogen) atoms. The van der Waals surface area contributed by atoms with Gasteiger partial charge in [0, 0.05) is 6.42 Å². The van der Waals surface area contributed by atoms with Crippen molar-refractivity contribution in [2.75, 3.05) is 19.8 Å². The fourth-order valence-electron chi connectivity index (χ4n) is 13.1. The predicted molar refractivity (Wildman–Crippen MR) is 429 cm³/mol. The number of benzene rings is 10. The number of halogens is 3. The summed E-state index contributed by atoms with van der Waals surface area (Å²) in [5.74, 6) is -11.6. The third-order valence-electron chi connectivity index (χ3n) is 19.0. The maximum absolute atomic E-state index is 15.1. The molecule has 3 fully saturated rings. The Morgan fingerprint density at radius 3 is 0.719 bits per heavy atom. The van der Waals surface area contributed by atoms with Crippen molar-refractivity contribution in [3.63, 3.8) is 0 Å². The van der Waals surface area contributed by atoms with E-state index in [0.29, 0.717) is 0 Å². The molecule has 3 aliphatic rings. The molecular weight excluding hydrogens is 1630 g/mol. The number of hydrogen-bond acceptors (Lipinski definition) is 27. The topological polar surface area (TPSA) is 342 Å². The normalized spacial score (nSPS) is 22.4. The minimum absolute atomic E-state index is 0.0115. The van der Waals surface area contributed by atoms with Crippen molar-refractivity contribution < 1.29 is 124 Å². The average Bonchev–Trinajstić information content (AvgIpc) is 0.777. The first-order valence-electron chi connectivity index (χ1n) is 37.8. The Balaban J connectivity index is 0.935. The summed E-state index contributed by atoms with van der Waals surface area (Å²) in [6, 6.07) is 75.4. The second kappa shape index (κ2) is 41.1. The van der Waals surface area contributed by atoms with Crippen LogP contribution in [0.4, 0.5) is 0 Å². The molecule has 15 atom stereocenters. The molecule has 0 radical (unpaired) electrons. The van der Waals surface area contributed by atoms with Crippen molar-refractivity contribution in [1.82, 2.24) is 0 Å². The largest absolute Gasteiger partial charge is 0.459 e. The van der Waals surface area contributed by atoms with E-state index in [4.69, 9.17) is 116 Å². The Bertz CT molecular complexity index is 5190. The van der Waals surface area contributed by atoms with Gasteiger partial charge in [0.1, 0.15) is 24.9 Å². The van der Waals surface area contributed by atoms with E-state index in [1.54, 1.807) is 97.1 Å². The van der Waals surface area contributed by atoms with Crippen LogP contribution in [-0.2, 0) is 75.8 Å². The quantitative estimate of drug-likeness (QED) is 0.0150. The van der Waals surface area contributed by atoms with Gasteiger partial charge in [-0.1, -0.05) is 217 Å². The van der Waals surface area contributed by atoms with Crippen molar-refractivity contribution >= 4 is 100 Å². The highest BCUT2D eigenvalue weighted by molar-refractivity contribution is 6.76. The molecule has 0 bridgehead atoms. The molecule has 3 aliphatic heterocycles. The highest BCUT2D eigenvalue weighted by atomic mass is 35.6. The van der Waals surface area contributed by atoms with Crippen LogP contribution in [0, 0.1) is 5.41 Å². The van der Waals surface area contributed by atoms with Crippen LogP contribution in [-0.4, -0.2) is 181 Å². The summed E-state index contributed by atoms with van der Waals surface area (Å²) in [6.45, 7) is -2.55. The molecule has 1 unspecified atom stereocenters. The third kappa shape index (κ3) is 22.5. The number of alkyl halides is 3. The Labute approximate surface area is 706 Å². The first-order chi connectivity index (χ1) is 58.7. The lowest BCUT2D eigenvalue weighted by molar-refractivity contribution is -0.329. The highest BCUT2D eigenvalue weighted by Crippen LogP contribution is 2.39. The van der Waals surface area contributed by atoms with Crippen LogP contribution in [0.1, 0.15) is 110 Å². The first kappa shape index (κ1) is 85.9. The van der Waals surface area contributed by atoms with Gasteiger partial charge in [0.15, 0.2) is 61.4 Å². The lowest BCUT2D eigenvalue weighted by Crippen LogP contribution is -2.65. The Kier molecular flexibility index (Phi) is 29.2. The zero-order valence-electron chi connectivity index (χ0n) is 63.6.